The number of alkyl carbamates (subject to hydrolysis) is 1. The average molecular weight is 487 g/mol. The molecule has 2 aliphatic rings. The van der Waals surface area contributed by atoms with E-state index in [1.54, 1.807) is 0 Å². The Labute approximate surface area is 197 Å². The monoisotopic (exact) mass is 486 g/mol. The van der Waals surface area contributed by atoms with Crippen molar-refractivity contribution in [2.24, 2.45) is 0 Å². The van der Waals surface area contributed by atoms with Gasteiger partial charge in [0.25, 0.3) is 0 Å². The summed E-state index contributed by atoms with van der Waals surface area (Å²) in [6.07, 6.45) is -1.28. The summed E-state index contributed by atoms with van der Waals surface area (Å²) in [6, 6.07) is 13.8. The smallest absolute Gasteiger partial charge is 0.407 e. The van der Waals surface area contributed by atoms with E-state index in [2.05, 4.69) is 5.32 Å². The van der Waals surface area contributed by atoms with Crippen LogP contribution < -0.4 is 5.32 Å². The van der Waals surface area contributed by atoms with E-state index in [0.29, 0.717) is 0 Å². The molecule has 1 saturated heterocycles. The number of carboxylic acid groups (broad SMARTS) is 1. The van der Waals surface area contributed by atoms with Crippen molar-refractivity contribution in [3.8, 4) is 11.1 Å². The highest BCUT2D eigenvalue weighted by Gasteiger charge is 2.36. The molecule has 1 fully saturated rings. The fourth-order valence-corrected chi connectivity index (χ4v) is 6.44. The van der Waals surface area contributed by atoms with Crippen molar-refractivity contribution in [1.82, 2.24) is 10.2 Å². The van der Waals surface area contributed by atoms with Crippen molar-refractivity contribution >= 4 is 27.8 Å². The van der Waals surface area contributed by atoms with Crippen LogP contribution in [0, 0.1) is 0 Å². The Balaban J connectivity index is 1.43. The molecule has 1 aliphatic carbocycles. The van der Waals surface area contributed by atoms with Crippen LogP contribution in [0.5, 0.6) is 0 Å². The van der Waals surface area contributed by atoms with Crippen LogP contribution in [0.25, 0.3) is 11.1 Å². The van der Waals surface area contributed by atoms with Crippen LogP contribution in [0.15, 0.2) is 48.5 Å². The van der Waals surface area contributed by atoms with Crippen LogP contribution in [0.1, 0.15) is 29.9 Å². The number of carbonyl (C=O) groups is 3. The number of rotatable bonds is 7. The number of sulfone groups is 1. The molecular weight excluding hydrogens is 460 g/mol. The molecule has 2 aromatic rings. The van der Waals surface area contributed by atoms with Gasteiger partial charge in [0.15, 0.2) is 9.84 Å². The molecule has 1 aliphatic heterocycles. The largest absolute Gasteiger partial charge is 0.481 e. The number of hydrogen-bond donors (Lipinski definition) is 2. The van der Waals surface area contributed by atoms with Crippen LogP contribution in [-0.4, -0.2) is 73.6 Å². The number of hydrogen-bond acceptors (Lipinski definition) is 6. The quantitative estimate of drug-likeness (QED) is 0.612. The summed E-state index contributed by atoms with van der Waals surface area (Å²) >= 11 is 0. The standard InChI is InChI=1S/C24H26N2O7S/c1-26(15-10-11-34(31,32)14-15)23(29)21(12-22(27)28)25-24(30)33-13-20-18-8-4-2-6-16(18)17-7-3-5-9-19(17)20/h2-9,15,20-21H,10-14H2,1H3,(H,25,30)(H,27,28). The summed E-state index contributed by atoms with van der Waals surface area (Å²) in [6.45, 7) is 0.0184. The minimum absolute atomic E-state index is 0.0184. The molecular formula is C24H26N2O7S. The summed E-state index contributed by atoms with van der Waals surface area (Å²) < 4.78 is 28.9. The first-order valence-corrected chi connectivity index (χ1v) is 12.8. The van der Waals surface area contributed by atoms with Crippen molar-refractivity contribution in [2.75, 3.05) is 25.2 Å². The normalized spacial score (nSPS) is 19.0. The molecule has 0 saturated carbocycles. The molecule has 2 amide bonds. The lowest BCUT2D eigenvalue weighted by atomic mass is 9.98. The second-order valence-electron chi connectivity index (χ2n) is 8.63. The fraction of sp³-hybridized carbons (Fsp3) is 0.375. The van der Waals surface area contributed by atoms with Crippen molar-refractivity contribution in [1.29, 1.82) is 0 Å². The third kappa shape index (κ3) is 4.91. The molecule has 2 N–H and O–H groups in total. The molecule has 9 nitrogen and oxygen atoms in total. The van der Waals surface area contributed by atoms with Gasteiger partial charge in [0.05, 0.1) is 17.9 Å². The van der Waals surface area contributed by atoms with Gasteiger partial charge in [-0.3, -0.25) is 9.59 Å². The lowest BCUT2D eigenvalue weighted by Gasteiger charge is -2.28. The molecule has 2 aromatic carbocycles. The molecule has 0 radical (unpaired) electrons. The van der Waals surface area contributed by atoms with E-state index < -0.39 is 46.3 Å². The number of carboxylic acids is 1. The summed E-state index contributed by atoms with van der Waals surface area (Å²) in [5, 5.41) is 11.6. The Morgan fingerprint density at radius 1 is 1.09 bits per heavy atom. The van der Waals surface area contributed by atoms with E-state index in [4.69, 9.17) is 4.74 Å². The summed E-state index contributed by atoms with van der Waals surface area (Å²) in [5.41, 5.74) is 4.19. The third-order valence-electron chi connectivity index (χ3n) is 6.42. The first kappa shape index (κ1) is 23.7. The first-order valence-electron chi connectivity index (χ1n) is 11.0. The van der Waals surface area contributed by atoms with E-state index in [-0.39, 0.29) is 30.5 Å². The molecule has 180 valence electrons. The van der Waals surface area contributed by atoms with Gasteiger partial charge in [-0.1, -0.05) is 48.5 Å². The lowest BCUT2D eigenvalue weighted by molar-refractivity contribution is -0.142. The van der Waals surface area contributed by atoms with Crippen molar-refractivity contribution in [2.45, 2.75) is 30.8 Å². The van der Waals surface area contributed by atoms with Crippen molar-refractivity contribution < 1.29 is 32.6 Å². The van der Waals surface area contributed by atoms with Gasteiger partial charge < -0.3 is 20.1 Å². The topological polar surface area (TPSA) is 130 Å². The van der Waals surface area contributed by atoms with Crippen LogP contribution in [0.2, 0.25) is 0 Å². The number of carbonyl (C=O) groups excluding carboxylic acids is 2. The number of aliphatic carboxylic acids is 1. The molecule has 0 aromatic heterocycles. The van der Waals surface area contributed by atoms with Gasteiger partial charge in [0.2, 0.25) is 5.91 Å². The third-order valence-corrected chi connectivity index (χ3v) is 8.17. The minimum atomic E-state index is -3.24. The zero-order chi connectivity index (χ0) is 24.5. The summed E-state index contributed by atoms with van der Waals surface area (Å²) in [4.78, 5) is 38.0. The molecule has 2 atom stereocenters. The van der Waals surface area contributed by atoms with Crippen LogP contribution in [0.4, 0.5) is 4.79 Å². The van der Waals surface area contributed by atoms with Gasteiger partial charge in [-0.25, -0.2) is 13.2 Å². The molecule has 4 rings (SSSR count). The number of fused-ring (bicyclic) bond motifs is 3. The maximum atomic E-state index is 12.9. The number of benzene rings is 2. The van der Waals surface area contributed by atoms with Crippen LogP contribution >= 0.6 is 0 Å². The van der Waals surface area contributed by atoms with Gasteiger partial charge in [0.1, 0.15) is 12.6 Å². The number of amides is 2. The molecule has 0 spiro atoms. The zero-order valence-electron chi connectivity index (χ0n) is 18.6. The molecule has 0 bridgehead atoms. The maximum absolute atomic E-state index is 12.9. The van der Waals surface area contributed by atoms with E-state index >= 15 is 0 Å². The van der Waals surface area contributed by atoms with E-state index in [1.165, 1.54) is 11.9 Å². The van der Waals surface area contributed by atoms with Crippen LogP contribution in [-0.2, 0) is 24.2 Å². The van der Waals surface area contributed by atoms with Crippen LogP contribution in [0.3, 0.4) is 0 Å². The van der Waals surface area contributed by atoms with Gasteiger partial charge in [-0.15, -0.1) is 0 Å². The first-order chi connectivity index (χ1) is 16.2. The predicted molar refractivity (Wildman–Crippen MR) is 124 cm³/mol. The number of nitrogens with zero attached hydrogens (tertiary/aromatic N) is 1. The van der Waals surface area contributed by atoms with Crippen molar-refractivity contribution in [3.05, 3.63) is 59.7 Å². The predicted octanol–water partition coefficient (Wildman–Crippen LogP) is 2.01. The maximum Gasteiger partial charge on any atom is 0.407 e. The number of likely N-dealkylation sites (N-methyl/N-ethyl adjacent to an activating group) is 1. The van der Waals surface area contributed by atoms with Gasteiger partial charge in [0, 0.05) is 19.0 Å². The Morgan fingerprint density at radius 3 is 2.21 bits per heavy atom. The molecule has 34 heavy (non-hydrogen) atoms. The molecule has 2 unspecified atom stereocenters. The number of nitrogens with one attached hydrogen (secondary N) is 1. The highest BCUT2D eigenvalue weighted by molar-refractivity contribution is 7.91. The molecule has 1 heterocycles. The van der Waals surface area contributed by atoms with Gasteiger partial charge in [-0.05, 0) is 28.7 Å². The average Bonchev–Trinajstić information content (AvgIpc) is 3.33. The Kier molecular flexibility index (Phi) is 6.60. The van der Waals surface area contributed by atoms with E-state index in [0.717, 1.165) is 22.3 Å². The van der Waals surface area contributed by atoms with Crippen molar-refractivity contribution in [3.63, 3.8) is 0 Å². The summed E-state index contributed by atoms with van der Waals surface area (Å²) in [5.74, 6) is -2.33. The van der Waals surface area contributed by atoms with E-state index in [1.807, 2.05) is 48.5 Å². The SMILES string of the molecule is CN(C(=O)C(CC(=O)O)NC(=O)OCC1c2ccccc2-c2ccccc21)C1CCS(=O)(=O)C1. The van der Waals surface area contributed by atoms with Gasteiger partial charge in [-0.2, -0.15) is 0 Å². The highest BCUT2D eigenvalue weighted by Crippen LogP contribution is 2.44. The second-order valence-corrected chi connectivity index (χ2v) is 10.9. The Bertz CT molecular complexity index is 1180. The molecule has 10 heteroatoms. The Hall–Kier alpha value is -3.40. The van der Waals surface area contributed by atoms with E-state index in [9.17, 15) is 27.9 Å². The minimum Gasteiger partial charge on any atom is -0.481 e. The zero-order valence-corrected chi connectivity index (χ0v) is 19.5. The Morgan fingerprint density at radius 2 is 1.68 bits per heavy atom. The highest BCUT2D eigenvalue weighted by atomic mass is 32.2. The summed E-state index contributed by atoms with van der Waals surface area (Å²) in [7, 11) is -1.82. The fourth-order valence-electron chi connectivity index (χ4n) is 4.66. The second kappa shape index (κ2) is 9.46. The number of ether oxygens (including phenoxy) is 1. The van der Waals surface area contributed by atoms with Gasteiger partial charge >= 0.3 is 12.1 Å². The lowest BCUT2D eigenvalue weighted by Crippen LogP contribution is -2.51.